The van der Waals surface area contributed by atoms with Gasteiger partial charge in [0, 0.05) is 30.1 Å². The number of phenolic OH excluding ortho intramolecular Hbond substituents is 1. The van der Waals surface area contributed by atoms with Crippen molar-refractivity contribution in [3.05, 3.63) is 36.8 Å². The molecule has 1 saturated carbocycles. The third kappa shape index (κ3) is 2.99. The lowest BCUT2D eigenvalue weighted by atomic mass is 9.95. The van der Waals surface area contributed by atoms with Gasteiger partial charge in [-0.2, -0.15) is 0 Å². The molecule has 1 aromatic carbocycles. The lowest BCUT2D eigenvalue weighted by molar-refractivity contribution is 0.408. The number of fused-ring (bicyclic) bond motifs is 1. The Morgan fingerprint density at radius 2 is 2.08 bits per heavy atom. The molecule has 1 aliphatic carbocycles. The summed E-state index contributed by atoms with van der Waals surface area (Å²) in [5.74, 6) is 1.68. The molecule has 0 saturated heterocycles. The number of methoxy groups -OCH3 is 1. The summed E-state index contributed by atoms with van der Waals surface area (Å²) in [6, 6.07) is 5.72. The molecule has 2 N–H and O–H groups in total. The fraction of sp³-hybridized carbons (Fsp3) is 0.368. The highest BCUT2D eigenvalue weighted by molar-refractivity contribution is 5.80. The smallest absolute Gasteiger partial charge is 0.157 e. The zero-order valence-electron chi connectivity index (χ0n) is 14.3. The van der Waals surface area contributed by atoms with Crippen molar-refractivity contribution >= 4 is 11.5 Å². The second-order valence-corrected chi connectivity index (χ2v) is 6.48. The minimum Gasteiger partial charge on any atom is -0.507 e. The van der Waals surface area contributed by atoms with E-state index in [-0.39, 0.29) is 5.75 Å². The first-order valence-corrected chi connectivity index (χ1v) is 8.72. The van der Waals surface area contributed by atoms with Gasteiger partial charge in [-0.3, -0.25) is 9.38 Å². The molecule has 0 bridgehead atoms. The third-order valence-corrected chi connectivity index (χ3v) is 4.84. The number of nitrogens with zero attached hydrogens (tertiary/aromatic N) is 3. The maximum atomic E-state index is 10.5. The molecule has 1 fully saturated rings. The van der Waals surface area contributed by atoms with Crippen LogP contribution in [-0.4, -0.2) is 32.6 Å². The van der Waals surface area contributed by atoms with E-state index < -0.39 is 0 Å². The molecule has 0 radical (unpaired) electrons. The topological polar surface area (TPSA) is 71.7 Å². The number of nitrogens with one attached hydrogen (secondary N) is 1. The van der Waals surface area contributed by atoms with Crippen molar-refractivity contribution in [1.29, 1.82) is 0 Å². The maximum Gasteiger partial charge on any atom is 0.157 e. The fourth-order valence-electron chi connectivity index (χ4n) is 3.51. The SMILES string of the molecule is COc1ccc(-c2nc3cnccn3c2NC2CCCCC2)c(O)c1. The number of benzene rings is 1. The van der Waals surface area contributed by atoms with E-state index in [0.29, 0.717) is 17.4 Å². The standard InChI is InChI=1S/C19H22N4O2/c1-25-14-7-8-15(16(24)11-14)18-19(21-13-5-3-2-4-6-13)23-10-9-20-12-17(23)22-18/h7-13,21,24H,2-6H2,1H3. The third-order valence-electron chi connectivity index (χ3n) is 4.84. The molecule has 6 heteroatoms. The van der Waals surface area contributed by atoms with Crippen LogP contribution in [0.2, 0.25) is 0 Å². The highest BCUT2D eigenvalue weighted by Crippen LogP contribution is 2.37. The predicted molar refractivity (Wildman–Crippen MR) is 97.1 cm³/mol. The van der Waals surface area contributed by atoms with E-state index in [0.717, 1.165) is 30.0 Å². The summed E-state index contributed by atoms with van der Waals surface area (Å²) in [6.45, 7) is 0. The number of aromatic hydroxyl groups is 1. The minimum absolute atomic E-state index is 0.155. The van der Waals surface area contributed by atoms with Crippen LogP contribution in [0.25, 0.3) is 16.9 Å². The summed E-state index contributed by atoms with van der Waals surface area (Å²) >= 11 is 0. The lowest BCUT2D eigenvalue weighted by Crippen LogP contribution is -2.23. The molecule has 0 aliphatic heterocycles. The summed E-state index contributed by atoms with van der Waals surface area (Å²) in [5.41, 5.74) is 2.17. The Morgan fingerprint density at radius 1 is 1.24 bits per heavy atom. The van der Waals surface area contributed by atoms with Gasteiger partial charge in [-0.1, -0.05) is 19.3 Å². The molecule has 130 valence electrons. The number of hydrogen-bond donors (Lipinski definition) is 2. The van der Waals surface area contributed by atoms with E-state index in [2.05, 4.69) is 10.3 Å². The molecule has 0 amide bonds. The van der Waals surface area contributed by atoms with E-state index in [1.165, 1.54) is 19.3 Å². The zero-order chi connectivity index (χ0) is 17.2. The number of anilines is 1. The molecule has 0 unspecified atom stereocenters. The Labute approximate surface area is 146 Å². The van der Waals surface area contributed by atoms with Crippen LogP contribution in [0.3, 0.4) is 0 Å². The first kappa shape index (κ1) is 15.7. The van der Waals surface area contributed by atoms with E-state index in [1.807, 2.05) is 22.7 Å². The van der Waals surface area contributed by atoms with Crippen LogP contribution in [0.1, 0.15) is 32.1 Å². The van der Waals surface area contributed by atoms with E-state index >= 15 is 0 Å². The van der Waals surface area contributed by atoms with Crippen molar-refractivity contribution in [2.75, 3.05) is 12.4 Å². The van der Waals surface area contributed by atoms with Gasteiger partial charge in [0.05, 0.1) is 13.3 Å². The van der Waals surface area contributed by atoms with Gasteiger partial charge < -0.3 is 15.2 Å². The Hall–Kier alpha value is -2.76. The first-order valence-electron chi connectivity index (χ1n) is 8.72. The zero-order valence-corrected chi connectivity index (χ0v) is 14.3. The fourth-order valence-corrected chi connectivity index (χ4v) is 3.51. The van der Waals surface area contributed by atoms with Gasteiger partial charge in [-0.15, -0.1) is 0 Å². The molecule has 4 rings (SSSR count). The quantitative estimate of drug-likeness (QED) is 0.756. The lowest BCUT2D eigenvalue weighted by Gasteiger charge is -2.24. The van der Waals surface area contributed by atoms with Crippen LogP contribution in [0.15, 0.2) is 36.8 Å². The van der Waals surface area contributed by atoms with Crippen LogP contribution in [0.4, 0.5) is 5.82 Å². The molecule has 1 aliphatic rings. The summed E-state index contributed by atoms with van der Waals surface area (Å²) in [4.78, 5) is 8.87. The molecule has 0 spiro atoms. The van der Waals surface area contributed by atoms with Gasteiger partial charge in [-0.05, 0) is 25.0 Å². The van der Waals surface area contributed by atoms with Crippen molar-refractivity contribution in [1.82, 2.24) is 14.4 Å². The summed E-state index contributed by atoms with van der Waals surface area (Å²) < 4.78 is 7.19. The van der Waals surface area contributed by atoms with Crippen LogP contribution in [-0.2, 0) is 0 Å². The monoisotopic (exact) mass is 338 g/mol. The molecule has 25 heavy (non-hydrogen) atoms. The first-order chi connectivity index (χ1) is 12.3. The summed E-state index contributed by atoms with van der Waals surface area (Å²) in [6.07, 6.45) is 11.5. The maximum absolute atomic E-state index is 10.5. The van der Waals surface area contributed by atoms with Crippen LogP contribution < -0.4 is 10.1 Å². The predicted octanol–water partition coefficient (Wildman–Crippen LogP) is 3.86. The molecular formula is C19H22N4O2. The molecule has 3 aromatic rings. The van der Waals surface area contributed by atoms with Crippen molar-refractivity contribution < 1.29 is 9.84 Å². The summed E-state index contributed by atoms with van der Waals surface area (Å²) in [5, 5.41) is 14.1. The van der Waals surface area contributed by atoms with Gasteiger partial charge in [0.1, 0.15) is 23.0 Å². The molecule has 2 aromatic heterocycles. The Bertz CT molecular complexity index is 884. The van der Waals surface area contributed by atoms with Gasteiger partial charge in [-0.25, -0.2) is 4.98 Å². The Kier molecular flexibility index (Phi) is 4.17. The van der Waals surface area contributed by atoms with Gasteiger partial charge in [0.2, 0.25) is 0 Å². The van der Waals surface area contributed by atoms with Crippen molar-refractivity contribution in [3.8, 4) is 22.8 Å². The number of ether oxygens (including phenoxy) is 1. The minimum atomic E-state index is 0.155. The number of imidazole rings is 1. The largest absolute Gasteiger partial charge is 0.507 e. The van der Waals surface area contributed by atoms with Crippen LogP contribution in [0.5, 0.6) is 11.5 Å². The Balaban J connectivity index is 1.81. The molecule has 0 atom stereocenters. The van der Waals surface area contributed by atoms with Gasteiger partial charge in [0.25, 0.3) is 0 Å². The number of aromatic nitrogens is 3. The van der Waals surface area contributed by atoms with Gasteiger partial charge in [0.15, 0.2) is 5.65 Å². The van der Waals surface area contributed by atoms with Crippen molar-refractivity contribution in [2.24, 2.45) is 0 Å². The average Bonchev–Trinajstić information content (AvgIpc) is 3.01. The normalized spacial score (nSPS) is 15.4. The second kappa shape index (κ2) is 6.63. The van der Waals surface area contributed by atoms with Crippen molar-refractivity contribution in [3.63, 3.8) is 0 Å². The highest BCUT2D eigenvalue weighted by Gasteiger charge is 2.21. The van der Waals surface area contributed by atoms with E-state index in [1.54, 1.807) is 25.6 Å². The second-order valence-electron chi connectivity index (χ2n) is 6.48. The van der Waals surface area contributed by atoms with E-state index in [9.17, 15) is 5.11 Å². The number of rotatable bonds is 4. The van der Waals surface area contributed by atoms with Crippen molar-refractivity contribution in [2.45, 2.75) is 38.1 Å². The molecular weight excluding hydrogens is 316 g/mol. The average molecular weight is 338 g/mol. The van der Waals surface area contributed by atoms with Crippen LogP contribution >= 0.6 is 0 Å². The van der Waals surface area contributed by atoms with Crippen LogP contribution in [0, 0.1) is 0 Å². The summed E-state index contributed by atoms with van der Waals surface area (Å²) in [7, 11) is 1.58. The molecule has 6 nitrogen and oxygen atoms in total. The highest BCUT2D eigenvalue weighted by atomic mass is 16.5. The molecule has 2 heterocycles. The number of hydrogen-bond acceptors (Lipinski definition) is 5. The van der Waals surface area contributed by atoms with E-state index in [4.69, 9.17) is 9.72 Å². The van der Waals surface area contributed by atoms with Gasteiger partial charge >= 0.3 is 0 Å². The number of phenols is 1. The Morgan fingerprint density at radius 3 is 2.84 bits per heavy atom.